The first-order valence-corrected chi connectivity index (χ1v) is 26.7. The summed E-state index contributed by atoms with van der Waals surface area (Å²) in [7, 11) is -8.63. The molecule has 0 spiro atoms. The fourth-order valence-electron chi connectivity index (χ4n) is 7.61. The zero-order valence-corrected chi connectivity index (χ0v) is 38.6. The van der Waals surface area contributed by atoms with Crippen molar-refractivity contribution in [1.82, 2.24) is 0 Å². The van der Waals surface area contributed by atoms with Gasteiger partial charge in [-0.25, -0.2) is 0 Å². The molecule has 3 N–H and O–H groups in total. The minimum atomic E-state index is -2.88. The van der Waals surface area contributed by atoms with Gasteiger partial charge in [0.15, 0.2) is 0 Å². The molecule has 0 saturated carbocycles. The van der Waals surface area contributed by atoms with Gasteiger partial charge in [0, 0.05) is 0 Å². The van der Waals surface area contributed by atoms with Gasteiger partial charge in [-0.15, -0.1) is 0 Å². The summed E-state index contributed by atoms with van der Waals surface area (Å²) in [5.74, 6) is 0. The molecule has 0 radical (unpaired) electrons. The second-order valence-electron chi connectivity index (χ2n) is 14.4. The molecule has 0 atom stereocenters. The normalized spacial score (nSPS) is 10.9. The van der Waals surface area contributed by atoms with Crippen molar-refractivity contribution in [2.45, 2.75) is 0 Å². The molecule has 0 unspecified atom stereocenters. The van der Waals surface area contributed by atoms with Crippen LogP contribution >= 0.6 is 0 Å². The molecule has 4 nitrogen and oxygen atoms in total. The van der Waals surface area contributed by atoms with Gasteiger partial charge in [0.2, 0.25) is 0 Å². The van der Waals surface area contributed by atoms with Gasteiger partial charge in [0.1, 0.15) is 0 Å². The maximum atomic E-state index is 11.6. The van der Waals surface area contributed by atoms with E-state index in [4.69, 9.17) is 3.67 Å². The molecule has 0 heterocycles. The van der Waals surface area contributed by atoms with Gasteiger partial charge in [0.05, 0.1) is 0 Å². The summed E-state index contributed by atoms with van der Waals surface area (Å²) >= 11 is 1.06. The van der Waals surface area contributed by atoms with Crippen LogP contribution in [0.3, 0.4) is 0 Å². The molecule has 0 aliphatic carbocycles. The average Bonchev–Trinajstić information content (AvgIpc) is 3.39. The van der Waals surface area contributed by atoms with E-state index >= 15 is 0 Å². The first-order chi connectivity index (χ1) is 30.4. The van der Waals surface area contributed by atoms with Gasteiger partial charge in [-0.05, 0) is 46.7 Å². The van der Waals surface area contributed by atoms with Crippen molar-refractivity contribution in [2.75, 3.05) is 0 Å². The Labute approximate surface area is 377 Å². The fraction of sp³-hybridized carbons (Fsp3) is 0. The van der Waals surface area contributed by atoms with Crippen LogP contribution in [0.5, 0.6) is 0 Å². The van der Waals surface area contributed by atoms with Crippen molar-refractivity contribution in [1.29, 1.82) is 0 Å². The van der Waals surface area contributed by atoms with Gasteiger partial charge in [0.25, 0.3) is 25.0 Å². The molecule has 9 aromatic rings. The zero-order valence-electron chi connectivity index (χ0n) is 34.2. The first-order valence-electron chi connectivity index (χ1n) is 20.3. The average molecular weight is 896 g/mol. The van der Waals surface area contributed by atoms with E-state index in [1.165, 1.54) is 0 Å². The maximum absolute atomic E-state index is 11.6. The van der Waals surface area contributed by atoms with Gasteiger partial charge in [-0.1, -0.05) is 273 Å². The third kappa shape index (κ3) is 10.5. The Morgan fingerprint density at radius 3 is 0.355 bits per heavy atom. The van der Waals surface area contributed by atoms with Gasteiger partial charge >= 0.3 is 21.0 Å². The Hall–Kier alpha value is -6.10. The molecule has 0 aliphatic rings. The van der Waals surface area contributed by atoms with Crippen LogP contribution in [0.1, 0.15) is 0 Å². The second kappa shape index (κ2) is 22.7. The van der Waals surface area contributed by atoms with E-state index in [1.807, 2.05) is 273 Å². The molecule has 62 heavy (non-hydrogen) atoms. The van der Waals surface area contributed by atoms with Crippen molar-refractivity contribution >= 4 is 71.6 Å². The Balaban J connectivity index is 0.000000152. The quantitative estimate of drug-likeness (QED) is 0.144. The summed E-state index contributed by atoms with van der Waals surface area (Å²) in [5, 5.41) is 9.10. The molecule has 305 valence electrons. The van der Waals surface area contributed by atoms with Crippen molar-refractivity contribution in [2.24, 2.45) is 0 Å². The first kappa shape index (κ1) is 45.4. The molecule has 0 aliphatic heterocycles. The van der Waals surface area contributed by atoms with Crippen LogP contribution in [-0.4, -0.2) is 39.3 Å². The summed E-state index contributed by atoms with van der Waals surface area (Å²) in [4.78, 5) is 34.7. The van der Waals surface area contributed by atoms with E-state index in [-0.39, 0.29) is 0 Å². The van der Waals surface area contributed by atoms with E-state index < -0.39 is 25.0 Å². The van der Waals surface area contributed by atoms with Crippen LogP contribution in [0, 0.1) is 0 Å². The van der Waals surface area contributed by atoms with Gasteiger partial charge < -0.3 is 14.4 Å². The van der Waals surface area contributed by atoms with Crippen molar-refractivity contribution in [3.63, 3.8) is 0 Å². The summed E-state index contributed by atoms with van der Waals surface area (Å²) in [6.45, 7) is 0. The molecule has 0 fully saturated rings. The number of hydrogen-bond acceptors (Lipinski definition) is 4. The van der Waals surface area contributed by atoms with E-state index in [0.29, 0.717) is 0 Å². The third-order valence-corrected chi connectivity index (χ3v) is 21.2. The van der Waals surface area contributed by atoms with Crippen LogP contribution in [0.15, 0.2) is 273 Å². The molecule has 0 aromatic heterocycles. The summed E-state index contributed by atoms with van der Waals surface area (Å²) in [6, 6.07) is 89.9. The van der Waals surface area contributed by atoms with Crippen LogP contribution in [0.4, 0.5) is 0 Å². The van der Waals surface area contributed by atoms with Crippen LogP contribution < -0.4 is 46.7 Å². The van der Waals surface area contributed by atoms with Gasteiger partial charge in [-0.2, -0.15) is 0 Å². The molecule has 8 heteroatoms. The molecule has 9 rings (SSSR count). The molecule has 0 bridgehead atoms. The van der Waals surface area contributed by atoms with E-state index in [0.717, 1.165) is 64.0 Å². The van der Waals surface area contributed by atoms with Crippen molar-refractivity contribution in [3.05, 3.63) is 273 Å². The Kier molecular flexibility index (Phi) is 16.6. The standard InChI is InChI=1S/3C18H16OSi.O.V/c3*19-20(16-10-4-1-5-11-16,17-12-6-2-7-13-17)18-14-8-3-9-15-18;;/h3*1-15,19H;;. The number of benzene rings is 9. The molecular weight excluding hydrogens is 848 g/mol. The number of hydrogen-bond donors (Lipinski definition) is 3. The Bertz CT molecular complexity index is 2030. The second-order valence-corrected chi connectivity index (χ2v) is 23.9. The monoisotopic (exact) mass is 895 g/mol. The van der Waals surface area contributed by atoms with E-state index in [9.17, 15) is 14.4 Å². The van der Waals surface area contributed by atoms with Crippen molar-refractivity contribution < 1.29 is 35.4 Å². The topological polar surface area (TPSA) is 77.8 Å². The molecular formula is C54H48O4Si3V. The zero-order chi connectivity index (χ0) is 43.5. The molecule has 0 saturated heterocycles. The number of rotatable bonds is 9. The fourth-order valence-corrected chi connectivity index (χ4v) is 16.7. The minimum absolute atomic E-state index is 1.01. The van der Waals surface area contributed by atoms with Crippen molar-refractivity contribution in [3.8, 4) is 0 Å². The van der Waals surface area contributed by atoms with Crippen LogP contribution in [-0.2, 0) is 21.0 Å². The molecule has 9 aromatic carbocycles. The Morgan fingerprint density at radius 1 is 0.194 bits per heavy atom. The predicted molar refractivity (Wildman–Crippen MR) is 259 cm³/mol. The molecule has 0 amide bonds. The van der Waals surface area contributed by atoms with Gasteiger partial charge in [-0.3, -0.25) is 0 Å². The summed E-state index contributed by atoms with van der Waals surface area (Å²) in [6.07, 6.45) is 0. The Morgan fingerprint density at radius 2 is 0.274 bits per heavy atom. The predicted octanol–water partition coefficient (Wildman–Crippen LogP) is 4.82. The van der Waals surface area contributed by atoms with E-state index in [2.05, 4.69) is 0 Å². The third-order valence-electron chi connectivity index (χ3n) is 10.7. The summed E-state index contributed by atoms with van der Waals surface area (Å²) < 4.78 is 8.19. The van der Waals surface area contributed by atoms with Crippen LogP contribution in [0.2, 0.25) is 0 Å². The SMILES string of the molecule is O[Si](c1ccccc1)(c1ccccc1)c1ccccc1.O[Si](c1ccccc1)(c1ccccc1)c1ccccc1.O[Si](c1ccccc1)(c1ccccc1)c1ccccc1.[O]=[V]. The summed E-state index contributed by atoms with van der Waals surface area (Å²) in [5.41, 5.74) is 0. The van der Waals surface area contributed by atoms with Crippen LogP contribution in [0.25, 0.3) is 0 Å². The van der Waals surface area contributed by atoms with E-state index in [1.54, 1.807) is 0 Å².